The van der Waals surface area contributed by atoms with Crippen LogP contribution in [0.3, 0.4) is 0 Å². The van der Waals surface area contributed by atoms with Crippen LogP contribution in [0.1, 0.15) is 31.7 Å². The van der Waals surface area contributed by atoms with Crippen LogP contribution in [0.2, 0.25) is 0 Å². The van der Waals surface area contributed by atoms with E-state index in [9.17, 15) is 8.78 Å². The highest BCUT2D eigenvalue weighted by atomic mass is 19.1. The predicted octanol–water partition coefficient (Wildman–Crippen LogP) is 3.84. The fourth-order valence-electron chi connectivity index (χ4n) is 2.09. The molecule has 0 heterocycles. The van der Waals surface area contributed by atoms with Gasteiger partial charge in [0.15, 0.2) is 0 Å². The molecule has 18 heavy (non-hydrogen) atoms. The predicted molar refractivity (Wildman–Crippen MR) is 71.6 cm³/mol. The minimum Gasteiger partial charge on any atom is -0.314 e. The molecule has 1 N–H and O–H groups in total. The van der Waals surface area contributed by atoms with Gasteiger partial charge in [-0.2, -0.15) is 0 Å². The molecular weight excluding hydrogens is 232 g/mol. The van der Waals surface area contributed by atoms with Crippen molar-refractivity contribution >= 4 is 0 Å². The molecule has 3 heteroatoms. The Labute approximate surface area is 108 Å². The quantitative estimate of drug-likeness (QED) is 0.548. The SMILES string of the molecule is C=CCCCC(Cc1cc(F)cc(F)c1)NCC. The fraction of sp³-hybridized carbons (Fsp3) is 0.467. The second-order valence-electron chi connectivity index (χ2n) is 4.46. The Bertz CT molecular complexity index is 357. The van der Waals surface area contributed by atoms with Gasteiger partial charge in [0.1, 0.15) is 11.6 Å². The first-order chi connectivity index (χ1) is 8.65. The fourth-order valence-corrected chi connectivity index (χ4v) is 2.09. The molecule has 0 aliphatic heterocycles. The summed E-state index contributed by atoms with van der Waals surface area (Å²) in [7, 11) is 0. The van der Waals surface area contributed by atoms with Crippen LogP contribution in [0.5, 0.6) is 0 Å². The van der Waals surface area contributed by atoms with E-state index in [2.05, 4.69) is 11.9 Å². The maximum Gasteiger partial charge on any atom is 0.126 e. The summed E-state index contributed by atoms with van der Waals surface area (Å²) >= 11 is 0. The number of nitrogens with one attached hydrogen (secondary N) is 1. The van der Waals surface area contributed by atoms with Crippen molar-refractivity contribution in [1.82, 2.24) is 5.32 Å². The average molecular weight is 253 g/mol. The van der Waals surface area contributed by atoms with Crippen LogP contribution >= 0.6 is 0 Å². The zero-order valence-corrected chi connectivity index (χ0v) is 10.9. The van der Waals surface area contributed by atoms with Gasteiger partial charge in [-0.05, 0) is 49.9 Å². The molecule has 0 aliphatic carbocycles. The summed E-state index contributed by atoms with van der Waals surface area (Å²) in [6.45, 7) is 6.58. The summed E-state index contributed by atoms with van der Waals surface area (Å²) in [5.41, 5.74) is 0.706. The van der Waals surface area contributed by atoms with Crippen LogP contribution in [-0.4, -0.2) is 12.6 Å². The molecule has 0 saturated carbocycles. The molecule has 1 rings (SSSR count). The van der Waals surface area contributed by atoms with Gasteiger partial charge in [0.2, 0.25) is 0 Å². The van der Waals surface area contributed by atoms with Crippen LogP contribution in [0.25, 0.3) is 0 Å². The lowest BCUT2D eigenvalue weighted by Gasteiger charge is -2.17. The number of likely N-dealkylation sites (N-methyl/N-ethyl adjacent to an activating group) is 1. The third-order valence-electron chi connectivity index (χ3n) is 2.86. The number of benzene rings is 1. The van der Waals surface area contributed by atoms with Gasteiger partial charge in [-0.25, -0.2) is 8.78 Å². The van der Waals surface area contributed by atoms with E-state index >= 15 is 0 Å². The van der Waals surface area contributed by atoms with Crippen LogP contribution in [0, 0.1) is 11.6 Å². The summed E-state index contributed by atoms with van der Waals surface area (Å²) < 4.78 is 26.2. The van der Waals surface area contributed by atoms with Crippen LogP contribution in [0.15, 0.2) is 30.9 Å². The van der Waals surface area contributed by atoms with E-state index in [1.165, 1.54) is 12.1 Å². The molecule has 0 spiro atoms. The van der Waals surface area contributed by atoms with Crippen molar-refractivity contribution in [2.75, 3.05) is 6.54 Å². The molecule has 0 aliphatic rings. The van der Waals surface area contributed by atoms with E-state index in [1.54, 1.807) is 0 Å². The summed E-state index contributed by atoms with van der Waals surface area (Å²) in [5.74, 6) is -1.02. The van der Waals surface area contributed by atoms with E-state index < -0.39 is 11.6 Å². The Balaban J connectivity index is 2.60. The molecule has 1 aromatic rings. The normalized spacial score (nSPS) is 12.4. The number of unbranched alkanes of at least 4 members (excludes halogenated alkanes) is 1. The topological polar surface area (TPSA) is 12.0 Å². The first kappa shape index (κ1) is 14.8. The molecule has 1 unspecified atom stereocenters. The lowest BCUT2D eigenvalue weighted by Crippen LogP contribution is -2.31. The van der Waals surface area contributed by atoms with Gasteiger partial charge in [-0.1, -0.05) is 13.0 Å². The molecule has 100 valence electrons. The van der Waals surface area contributed by atoms with Crippen molar-refractivity contribution in [3.63, 3.8) is 0 Å². The molecule has 1 nitrogen and oxygen atoms in total. The number of hydrogen-bond acceptors (Lipinski definition) is 1. The Morgan fingerprint density at radius 3 is 2.50 bits per heavy atom. The number of halogens is 2. The van der Waals surface area contributed by atoms with Crippen LogP contribution in [-0.2, 0) is 6.42 Å². The van der Waals surface area contributed by atoms with Crippen molar-refractivity contribution in [3.05, 3.63) is 48.1 Å². The second kappa shape index (κ2) is 7.98. The highest BCUT2D eigenvalue weighted by Crippen LogP contribution is 2.13. The summed E-state index contributed by atoms with van der Waals surface area (Å²) in [4.78, 5) is 0. The van der Waals surface area contributed by atoms with Gasteiger partial charge < -0.3 is 5.32 Å². The smallest absolute Gasteiger partial charge is 0.126 e. The number of allylic oxidation sites excluding steroid dienone is 1. The van der Waals surface area contributed by atoms with Crippen molar-refractivity contribution in [1.29, 1.82) is 0 Å². The summed E-state index contributed by atoms with van der Waals surface area (Å²) in [6.07, 6.45) is 5.54. The van der Waals surface area contributed by atoms with Crippen LogP contribution in [0.4, 0.5) is 8.78 Å². The highest BCUT2D eigenvalue weighted by molar-refractivity contribution is 5.19. The molecule has 0 radical (unpaired) electrons. The first-order valence-corrected chi connectivity index (χ1v) is 6.45. The molecule has 0 bridgehead atoms. The zero-order valence-electron chi connectivity index (χ0n) is 10.9. The largest absolute Gasteiger partial charge is 0.314 e. The van der Waals surface area contributed by atoms with Gasteiger partial charge in [-0.15, -0.1) is 6.58 Å². The van der Waals surface area contributed by atoms with Crippen molar-refractivity contribution in [2.24, 2.45) is 0 Å². The van der Waals surface area contributed by atoms with Crippen LogP contribution < -0.4 is 5.32 Å². The number of hydrogen-bond donors (Lipinski definition) is 1. The van der Waals surface area contributed by atoms with Crippen molar-refractivity contribution in [3.8, 4) is 0 Å². The van der Waals surface area contributed by atoms with Gasteiger partial charge in [-0.3, -0.25) is 0 Å². The van der Waals surface area contributed by atoms with Crippen molar-refractivity contribution in [2.45, 2.75) is 38.6 Å². The molecule has 1 atom stereocenters. The Kier molecular flexibility index (Phi) is 6.58. The minimum atomic E-state index is -0.508. The number of rotatable bonds is 8. The monoisotopic (exact) mass is 253 g/mol. The van der Waals surface area contributed by atoms with E-state index in [0.717, 1.165) is 31.9 Å². The Morgan fingerprint density at radius 2 is 1.94 bits per heavy atom. The maximum atomic E-state index is 13.1. The van der Waals surface area contributed by atoms with Gasteiger partial charge in [0, 0.05) is 12.1 Å². The third-order valence-corrected chi connectivity index (χ3v) is 2.86. The molecule has 0 fully saturated rings. The molecule has 0 aromatic heterocycles. The minimum absolute atomic E-state index is 0.260. The van der Waals surface area contributed by atoms with Gasteiger partial charge in [0.05, 0.1) is 0 Å². The standard InChI is InChI=1S/C15H21F2N/c1-3-5-6-7-15(18-4-2)10-12-8-13(16)11-14(17)9-12/h3,8-9,11,15,18H,1,4-7,10H2,2H3. The van der Waals surface area contributed by atoms with Gasteiger partial charge in [0.25, 0.3) is 0 Å². The lowest BCUT2D eigenvalue weighted by atomic mass is 10.0. The zero-order chi connectivity index (χ0) is 13.4. The maximum absolute atomic E-state index is 13.1. The Morgan fingerprint density at radius 1 is 1.28 bits per heavy atom. The van der Waals surface area contributed by atoms with Gasteiger partial charge >= 0.3 is 0 Å². The van der Waals surface area contributed by atoms with E-state index in [-0.39, 0.29) is 6.04 Å². The highest BCUT2D eigenvalue weighted by Gasteiger charge is 2.09. The summed E-state index contributed by atoms with van der Waals surface area (Å²) in [5, 5.41) is 3.35. The lowest BCUT2D eigenvalue weighted by molar-refractivity contribution is 0.475. The van der Waals surface area contributed by atoms with E-state index in [0.29, 0.717) is 12.0 Å². The summed E-state index contributed by atoms with van der Waals surface area (Å²) in [6, 6.07) is 3.97. The second-order valence-corrected chi connectivity index (χ2v) is 4.46. The Hall–Kier alpha value is -1.22. The third kappa shape index (κ3) is 5.41. The van der Waals surface area contributed by atoms with Crippen molar-refractivity contribution < 1.29 is 8.78 Å². The average Bonchev–Trinajstić information content (AvgIpc) is 2.28. The molecule has 0 saturated heterocycles. The van der Waals surface area contributed by atoms with E-state index in [1.807, 2.05) is 13.0 Å². The molecule has 0 amide bonds. The first-order valence-electron chi connectivity index (χ1n) is 6.45. The van der Waals surface area contributed by atoms with E-state index in [4.69, 9.17) is 0 Å². The molecule has 1 aromatic carbocycles. The molecular formula is C15H21F2N.